The van der Waals surface area contributed by atoms with Crippen molar-refractivity contribution in [1.29, 1.82) is 0 Å². The molecule has 0 saturated carbocycles. The van der Waals surface area contributed by atoms with Crippen molar-refractivity contribution in [2.24, 2.45) is 0 Å². The van der Waals surface area contributed by atoms with Gasteiger partial charge in [0.2, 0.25) is 5.95 Å². The van der Waals surface area contributed by atoms with Crippen LogP contribution in [0.4, 0.5) is 16.2 Å². The molecule has 6 heteroatoms. The van der Waals surface area contributed by atoms with Gasteiger partial charge in [0.1, 0.15) is 11.6 Å². The van der Waals surface area contributed by atoms with E-state index in [4.69, 9.17) is 0 Å². The maximum Gasteiger partial charge on any atom is 0.225 e. The molecular formula is C22H26FN5. The van der Waals surface area contributed by atoms with Crippen molar-refractivity contribution in [2.75, 3.05) is 44.4 Å². The van der Waals surface area contributed by atoms with Crippen LogP contribution in [0.1, 0.15) is 5.56 Å². The average Bonchev–Trinajstić information content (AvgIpc) is 2.70. The largest absolute Gasteiger partial charge is 0.370 e. The first kappa shape index (κ1) is 19.8. The van der Waals surface area contributed by atoms with Gasteiger partial charge in [0.05, 0.1) is 5.69 Å². The van der Waals surface area contributed by atoms with Crippen LogP contribution >= 0.6 is 0 Å². The molecule has 1 heterocycles. The van der Waals surface area contributed by atoms with Crippen LogP contribution in [-0.4, -0.2) is 48.6 Å². The smallest absolute Gasteiger partial charge is 0.225 e. The van der Waals surface area contributed by atoms with E-state index in [1.165, 1.54) is 6.07 Å². The molecule has 146 valence electrons. The molecular weight excluding hydrogens is 353 g/mol. The van der Waals surface area contributed by atoms with E-state index in [1.807, 2.05) is 56.6 Å². The Labute approximate surface area is 165 Å². The number of rotatable bonds is 9. The minimum Gasteiger partial charge on any atom is -0.370 e. The van der Waals surface area contributed by atoms with Gasteiger partial charge in [-0.15, -0.1) is 0 Å². The lowest BCUT2D eigenvalue weighted by atomic mass is 10.1. The number of halogens is 1. The van der Waals surface area contributed by atoms with Crippen LogP contribution in [0.25, 0.3) is 11.3 Å². The van der Waals surface area contributed by atoms with Crippen LogP contribution in [0, 0.1) is 5.82 Å². The summed E-state index contributed by atoms with van der Waals surface area (Å²) in [7, 11) is 4.05. The highest BCUT2D eigenvalue weighted by Crippen LogP contribution is 2.21. The van der Waals surface area contributed by atoms with Crippen molar-refractivity contribution in [3.8, 4) is 11.3 Å². The lowest BCUT2D eigenvalue weighted by molar-refractivity contribution is 0.425. The van der Waals surface area contributed by atoms with E-state index in [2.05, 4.69) is 25.5 Å². The molecule has 0 aliphatic rings. The molecule has 2 N–H and O–H groups in total. The molecule has 0 aliphatic carbocycles. The third kappa shape index (κ3) is 5.76. The van der Waals surface area contributed by atoms with E-state index in [1.54, 1.807) is 12.1 Å². The maximum absolute atomic E-state index is 13.8. The standard InChI is InChI=1S/C22H26FN5/c1-28(2)15-14-25-22-26-20(18-9-4-3-5-10-18)16-21(27-22)24-13-12-17-8-6-7-11-19(17)23/h3-11,16H,12-15H2,1-2H3,(H2,24,25,26,27). The van der Waals surface area contributed by atoms with Gasteiger partial charge in [-0.05, 0) is 32.1 Å². The van der Waals surface area contributed by atoms with Gasteiger partial charge >= 0.3 is 0 Å². The molecule has 0 saturated heterocycles. The normalized spacial score (nSPS) is 10.9. The predicted octanol–water partition coefficient (Wildman–Crippen LogP) is 3.91. The summed E-state index contributed by atoms with van der Waals surface area (Å²) in [6, 6.07) is 18.8. The molecule has 5 nitrogen and oxygen atoms in total. The maximum atomic E-state index is 13.8. The Morgan fingerprint density at radius 3 is 2.39 bits per heavy atom. The summed E-state index contributed by atoms with van der Waals surface area (Å²) in [5, 5.41) is 6.58. The fraction of sp³-hybridized carbons (Fsp3) is 0.273. The molecule has 0 radical (unpaired) electrons. The van der Waals surface area contributed by atoms with E-state index < -0.39 is 0 Å². The minimum absolute atomic E-state index is 0.178. The molecule has 0 aliphatic heterocycles. The molecule has 0 fully saturated rings. The average molecular weight is 379 g/mol. The van der Waals surface area contributed by atoms with Gasteiger partial charge in [0.25, 0.3) is 0 Å². The number of hydrogen-bond donors (Lipinski definition) is 2. The second-order valence-corrected chi connectivity index (χ2v) is 6.83. The number of hydrogen-bond acceptors (Lipinski definition) is 5. The lowest BCUT2D eigenvalue weighted by Gasteiger charge is -2.13. The topological polar surface area (TPSA) is 53.1 Å². The van der Waals surface area contributed by atoms with Crippen molar-refractivity contribution in [1.82, 2.24) is 14.9 Å². The second-order valence-electron chi connectivity index (χ2n) is 6.83. The summed E-state index contributed by atoms with van der Waals surface area (Å²) in [5.41, 5.74) is 2.56. The number of likely N-dealkylation sites (N-methyl/N-ethyl adjacent to an activating group) is 1. The van der Waals surface area contributed by atoms with Crippen molar-refractivity contribution >= 4 is 11.8 Å². The molecule has 0 bridgehead atoms. The van der Waals surface area contributed by atoms with Crippen LogP contribution in [0.15, 0.2) is 60.7 Å². The van der Waals surface area contributed by atoms with Gasteiger partial charge in [-0.25, -0.2) is 9.37 Å². The number of anilines is 2. The first-order chi connectivity index (χ1) is 13.6. The fourth-order valence-corrected chi connectivity index (χ4v) is 2.79. The number of aromatic nitrogens is 2. The number of benzene rings is 2. The molecule has 3 aromatic rings. The van der Waals surface area contributed by atoms with E-state index in [0.717, 1.165) is 30.2 Å². The summed E-state index contributed by atoms with van der Waals surface area (Å²) >= 11 is 0. The van der Waals surface area contributed by atoms with Crippen LogP contribution in [0.3, 0.4) is 0 Å². The molecule has 1 aromatic heterocycles. The molecule has 0 spiro atoms. The highest BCUT2D eigenvalue weighted by Gasteiger charge is 2.07. The third-order valence-electron chi connectivity index (χ3n) is 4.30. The van der Waals surface area contributed by atoms with Gasteiger partial charge in [-0.3, -0.25) is 0 Å². The quantitative estimate of drug-likeness (QED) is 0.590. The summed E-state index contributed by atoms with van der Waals surface area (Å²) in [6.45, 7) is 2.22. The predicted molar refractivity (Wildman–Crippen MR) is 113 cm³/mol. The SMILES string of the molecule is CN(C)CCNc1nc(NCCc2ccccc2F)cc(-c2ccccc2)n1. The lowest BCUT2D eigenvalue weighted by Crippen LogP contribution is -2.21. The van der Waals surface area contributed by atoms with Crippen molar-refractivity contribution in [2.45, 2.75) is 6.42 Å². The van der Waals surface area contributed by atoms with Crippen molar-refractivity contribution < 1.29 is 4.39 Å². The van der Waals surface area contributed by atoms with Crippen molar-refractivity contribution in [3.63, 3.8) is 0 Å². The first-order valence-corrected chi connectivity index (χ1v) is 9.42. The minimum atomic E-state index is -0.178. The highest BCUT2D eigenvalue weighted by molar-refractivity contribution is 5.64. The van der Waals surface area contributed by atoms with E-state index in [0.29, 0.717) is 24.5 Å². The Morgan fingerprint density at radius 2 is 1.64 bits per heavy atom. The Bertz CT molecular complexity index is 883. The highest BCUT2D eigenvalue weighted by atomic mass is 19.1. The monoisotopic (exact) mass is 379 g/mol. The van der Waals surface area contributed by atoms with Gasteiger partial charge in [-0.2, -0.15) is 4.98 Å². The van der Waals surface area contributed by atoms with E-state index >= 15 is 0 Å². The molecule has 0 unspecified atom stereocenters. The Kier molecular flexibility index (Phi) is 6.92. The first-order valence-electron chi connectivity index (χ1n) is 9.42. The van der Waals surface area contributed by atoms with Crippen LogP contribution in [0.5, 0.6) is 0 Å². The Balaban J connectivity index is 1.73. The van der Waals surface area contributed by atoms with E-state index in [-0.39, 0.29) is 5.82 Å². The van der Waals surface area contributed by atoms with Crippen molar-refractivity contribution in [3.05, 3.63) is 72.0 Å². The van der Waals surface area contributed by atoms with E-state index in [9.17, 15) is 4.39 Å². The zero-order valence-corrected chi connectivity index (χ0v) is 16.3. The van der Waals surface area contributed by atoms with Gasteiger partial charge in [-0.1, -0.05) is 48.5 Å². The number of nitrogens with zero attached hydrogens (tertiary/aromatic N) is 3. The van der Waals surface area contributed by atoms with Gasteiger partial charge < -0.3 is 15.5 Å². The van der Waals surface area contributed by atoms with Gasteiger partial charge in [0.15, 0.2) is 0 Å². The molecule has 0 amide bonds. The van der Waals surface area contributed by atoms with Crippen LogP contribution < -0.4 is 10.6 Å². The molecule has 2 aromatic carbocycles. The fourth-order valence-electron chi connectivity index (χ4n) is 2.79. The summed E-state index contributed by atoms with van der Waals surface area (Å²) in [6.07, 6.45) is 0.584. The summed E-state index contributed by atoms with van der Waals surface area (Å²) < 4.78 is 13.8. The summed E-state index contributed by atoms with van der Waals surface area (Å²) in [5.74, 6) is 1.12. The Hall–Kier alpha value is -2.99. The Morgan fingerprint density at radius 1 is 0.893 bits per heavy atom. The van der Waals surface area contributed by atoms with Crippen LogP contribution in [-0.2, 0) is 6.42 Å². The van der Waals surface area contributed by atoms with Gasteiger partial charge in [0, 0.05) is 31.3 Å². The molecule has 0 atom stereocenters. The molecule has 28 heavy (non-hydrogen) atoms. The second kappa shape index (κ2) is 9.80. The zero-order valence-electron chi connectivity index (χ0n) is 16.3. The third-order valence-corrected chi connectivity index (χ3v) is 4.30. The van der Waals surface area contributed by atoms with Crippen LogP contribution in [0.2, 0.25) is 0 Å². The zero-order chi connectivity index (χ0) is 19.8. The number of nitrogens with one attached hydrogen (secondary N) is 2. The summed E-state index contributed by atoms with van der Waals surface area (Å²) in [4.78, 5) is 11.3. The molecule has 3 rings (SSSR count).